The first-order valence-electron chi connectivity index (χ1n) is 5.06. The smallest absolute Gasteiger partial charge is 0.341 e. The summed E-state index contributed by atoms with van der Waals surface area (Å²) in [6.45, 7) is -0.430. The van der Waals surface area contributed by atoms with Crippen molar-refractivity contribution >= 4 is 17.6 Å². The van der Waals surface area contributed by atoms with Gasteiger partial charge in [-0.05, 0) is 6.07 Å². The van der Waals surface area contributed by atoms with Crippen molar-refractivity contribution in [3.8, 4) is 17.1 Å². The number of hydrogen-bond acceptors (Lipinski definition) is 4. The molecule has 94 valence electrons. The number of aromatic nitrogens is 3. The summed E-state index contributed by atoms with van der Waals surface area (Å²) in [5, 5.41) is 13.1. The lowest BCUT2D eigenvalue weighted by Gasteiger charge is -2.02. The molecule has 0 atom stereocenters. The molecule has 0 amide bonds. The molecule has 0 aliphatic rings. The minimum atomic E-state index is -1.05. The van der Waals surface area contributed by atoms with Crippen LogP contribution in [0.2, 0.25) is 5.02 Å². The van der Waals surface area contributed by atoms with Crippen molar-refractivity contribution in [1.29, 1.82) is 0 Å². The molecular formula is C11H10ClN3O3. The third-order valence-corrected chi connectivity index (χ3v) is 2.55. The van der Waals surface area contributed by atoms with E-state index in [1.807, 2.05) is 0 Å². The number of ether oxygens (including phenoxy) is 1. The van der Waals surface area contributed by atoms with Crippen molar-refractivity contribution in [2.45, 2.75) is 0 Å². The molecule has 0 radical (unpaired) electrons. The molecule has 2 aromatic rings. The monoisotopic (exact) mass is 267 g/mol. The number of carboxylic acid groups (broad SMARTS) is 1. The van der Waals surface area contributed by atoms with Gasteiger partial charge in [0.2, 0.25) is 5.88 Å². The van der Waals surface area contributed by atoms with E-state index in [4.69, 9.17) is 21.4 Å². The predicted octanol–water partition coefficient (Wildman–Crippen LogP) is 1.60. The number of carbonyl (C=O) groups is 1. The molecule has 0 spiro atoms. The van der Waals surface area contributed by atoms with Crippen LogP contribution in [-0.2, 0) is 11.8 Å². The first-order valence-corrected chi connectivity index (χ1v) is 5.44. The Morgan fingerprint density at radius 1 is 1.61 bits per heavy atom. The zero-order valence-corrected chi connectivity index (χ0v) is 10.3. The maximum atomic E-state index is 10.4. The van der Waals surface area contributed by atoms with Gasteiger partial charge >= 0.3 is 5.97 Å². The van der Waals surface area contributed by atoms with Crippen LogP contribution < -0.4 is 4.74 Å². The van der Waals surface area contributed by atoms with E-state index in [9.17, 15) is 4.79 Å². The van der Waals surface area contributed by atoms with Gasteiger partial charge in [0.05, 0.1) is 10.7 Å². The number of halogens is 1. The standard InChI is InChI=1S/C11H10ClN3O3/c1-15-9(7-2-3-13-5-8(7)12)4-10(14-15)18-6-11(16)17/h2-5H,6H2,1H3,(H,16,17). The molecule has 0 saturated heterocycles. The Hall–Kier alpha value is -2.08. The summed E-state index contributed by atoms with van der Waals surface area (Å²) in [5.41, 5.74) is 1.48. The number of nitrogens with zero attached hydrogens (tertiary/aromatic N) is 3. The Morgan fingerprint density at radius 2 is 2.39 bits per heavy atom. The van der Waals surface area contributed by atoms with Gasteiger partial charge in [0.25, 0.3) is 0 Å². The summed E-state index contributed by atoms with van der Waals surface area (Å²) >= 11 is 6.03. The fourth-order valence-electron chi connectivity index (χ4n) is 1.48. The summed E-state index contributed by atoms with van der Waals surface area (Å²) in [5.74, 6) is -0.813. The van der Waals surface area contributed by atoms with E-state index in [-0.39, 0.29) is 5.88 Å². The van der Waals surface area contributed by atoms with E-state index in [1.165, 1.54) is 6.20 Å². The molecule has 2 aromatic heterocycles. The van der Waals surface area contributed by atoms with Gasteiger partial charge in [-0.25, -0.2) is 4.79 Å². The molecule has 1 N–H and O–H groups in total. The highest BCUT2D eigenvalue weighted by atomic mass is 35.5. The van der Waals surface area contributed by atoms with Crippen LogP contribution in [0.1, 0.15) is 0 Å². The van der Waals surface area contributed by atoms with E-state index in [0.29, 0.717) is 5.02 Å². The molecule has 0 fully saturated rings. The van der Waals surface area contributed by atoms with Crippen molar-refractivity contribution in [2.75, 3.05) is 6.61 Å². The Labute approximate surface area is 108 Å². The van der Waals surface area contributed by atoms with Gasteiger partial charge in [0.15, 0.2) is 6.61 Å². The third-order valence-electron chi connectivity index (χ3n) is 2.25. The van der Waals surface area contributed by atoms with Crippen LogP contribution in [0.25, 0.3) is 11.3 Å². The summed E-state index contributed by atoms with van der Waals surface area (Å²) < 4.78 is 6.57. The van der Waals surface area contributed by atoms with E-state index in [2.05, 4.69) is 10.1 Å². The summed E-state index contributed by atoms with van der Waals surface area (Å²) in [6, 6.07) is 3.38. The zero-order chi connectivity index (χ0) is 13.1. The maximum absolute atomic E-state index is 10.4. The zero-order valence-electron chi connectivity index (χ0n) is 9.50. The van der Waals surface area contributed by atoms with Crippen LogP contribution >= 0.6 is 11.6 Å². The van der Waals surface area contributed by atoms with Crippen LogP contribution in [0, 0.1) is 0 Å². The molecule has 6 nitrogen and oxygen atoms in total. The molecular weight excluding hydrogens is 258 g/mol. The molecule has 0 aliphatic heterocycles. The Morgan fingerprint density at radius 3 is 3.06 bits per heavy atom. The predicted molar refractivity (Wildman–Crippen MR) is 64.6 cm³/mol. The van der Waals surface area contributed by atoms with Crippen LogP contribution in [0.5, 0.6) is 5.88 Å². The normalized spacial score (nSPS) is 10.3. The SMILES string of the molecule is Cn1nc(OCC(=O)O)cc1-c1ccncc1Cl. The van der Waals surface area contributed by atoms with Gasteiger partial charge in [-0.3, -0.25) is 9.67 Å². The lowest BCUT2D eigenvalue weighted by atomic mass is 10.2. The van der Waals surface area contributed by atoms with E-state index >= 15 is 0 Å². The number of aryl methyl sites for hydroxylation is 1. The van der Waals surface area contributed by atoms with Crippen LogP contribution in [0.3, 0.4) is 0 Å². The number of rotatable bonds is 4. The average Bonchev–Trinajstić information content (AvgIpc) is 2.69. The molecule has 0 unspecified atom stereocenters. The average molecular weight is 268 g/mol. The highest BCUT2D eigenvalue weighted by Gasteiger charge is 2.12. The lowest BCUT2D eigenvalue weighted by molar-refractivity contribution is -0.139. The first kappa shape index (κ1) is 12.4. The quantitative estimate of drug-likeness (QED) is 0.910. The van der Waals surface area contributed by atoms with Gasteiger partial charge in [-0.2, -0.15) is 0 Å². The molecule has 0 saturated carbocycles. The molecule has 0 aliphatic carbocycles. The van der Waals surface area contributed by atoms with Gasteiger partial charge in [-0.15, -0.1) is 5.10 Å². The highest BCUT2D eigenvalue weighted by molar-refractivity contribution is 6.33. The topological polar surface area (TPSA) is 77.2 Å². The second-order valence-electron chi connectivity index (χ2n) is 3.53. The second kappa shape index (κ2) is 5.05. The maximum Gasteiger partial charge on any atom is 0.341 e. The Bertz CT molecular complexity index is 583. The summed E-state index contributed by atoms with van der Waals surface area (Å²) in [4.78, 5) is 14.3. The fraction of sp³-hybridized carbons (Fsp3) is 0.182. The Balaban J connectivity index is 2.30. The van der Waals surface area contributed by atoms with Crippen molar-refractivity contribution < 1.29 is 14.6 Å². The fourth-order valence-corrected chi connectivity index (χ4v) is 1.70. The van der Waals surface area contributed by atoms with Crippen molar-refractivity contribution in [1.82, 2.24) is 14.8 Å². The lowest BCUT2D eigenvalue weighted by Crippen LogP contribution is -2.09. The minimum absolute atomic E-state index is 0.239. The second-order valence-corrected chi connectivity index (χ2v) is 3.94. The minimum Gasteiger partial charge on any atom is -0.479 e. The molecule has 2 rings (SSSR count). The van der Waals surface area contributed by atoms with Crippen molar-refractivity contribution in [3.05, 3.63) is 29.5 Å². The molecule has 18 heavy (non-hydrogen) atoms. The van der Waals surface area contributed by atoms with Crippen LogP contribution in [0.4, 0.5) is 0 Å². The third kappa shape index (κ3) is 2.60. The van der Waals surface area contributed by atoms with Crippen molar-refractivity contribution in [2.24, 2.45) is 7.05 Å². The van der Waals surface area contributed by atoms with Gasteiger partial charge in [0, 0.05) is 31.1 Å². The molecule has 2 heterocycles. The summed E-state index contributed by atoms with van der Waals surface area (Å²) in [6.07, 6.45) is 3.15. The first-order chi connectivity index (χ1) is 8.58. The highest BCUT2D eigenvalue weighted by Crippen LogP contribution is 2.28. The Kier molecular flexibility index (Phi) is 3.47. The van der Waals surface area contributed by atoms with Crippen molar-refractivity contribution in [3.63, 3.8) is 0 Å². The van der Waals surface area contributed by atoms with Crippen LogP contribution in [0.15, 0.2) is 24.5 Å². The van der Waals surface area contributed by atoms with Crippen LogP contribution in [-0.4, -0.2) is 32.4 Å². The number of hydrogen-bond donors (Lipinski definition) is 1. The van der Waals surface area contributed by atoms with Gasteiger partial charge < -0.3 is 9.84 Å². The largest absolute Gasteiger partial charge is 0.479 e. The number of carboxylic acids is 1. The number of pyridine rings is 1. The summed E-state index contributed by atoms with van der Waals surface area (Å²) in [7, 11) is 1.72. The molecule has 7 heteroatoms. The van der Waals surface area contributed by atoms with E-state index in [0.717, 1.165) is 11.3 Å². The molecule has 0 bridgehead atoms. The molecule has 0 aromatic carbocycles. The van der Waals surface area contributed by atoms with E-state index in [1.54, 1.807) is 30.1 Å². The van der Waals surface area contributed by atoms with E-state index < -0.39 is 12.6 Å². The number of aliphatic carboxylic acids is 1. The van der Waals surface area contributed by atoms with Gasteiger partial charge in [0.1, 0.15) is 0 Å². The van der Waals surface area contributed by atoms with Gasteiger partial charge in [-0.1, -0.05) is 11.6 Å².